The lowest BCUT2D eigenvalue weighted by molar-refractivity contribution is 0.0762. The monoisotopic (exact) mass is 250 g/mol. The maximum absolute atomic E-state index is 12.4. The number of carbonyl (C=O) groups excluding carboxylic acids is 1. The standard InChI is InChI=1S/C14H22N2O2/c1-10-8-12-2-3-13(9-10)16(12)14(17)15-11-4-6-18-7-5-11/h11-13H,1-9H2,(H,15,17). The molecule has 3 rings (SSSR count). The van der Waals surface area contributed by atoms with Gasteiger partial charge in [-0.15, -0.1) is 0 Å². The number of fused-ring (bicyclic) bond motifs is 2. The van der Waals surface area contributed by atoms with E-state index in [-0.39, 0.29) is 6.03 Å². The minimum absolute atomic E-state index is 0.141. The van der Waals surface area contributed by atoms with Crippen LogP contribution in [0.4, 0.5) is 4.79 Å². The van der Waals surface area contributed by atoms with Crippen LogP contribution in [0.2, 0.25) is 0 Å². The van der Waals surface area contributed by atoms with Crippen molar-refractivity contribution in [3.05, 3.63) is 12.2 Å². The molecule has 0 aliphatic carbocycles. The number of ether oxygens (including phenoxy) is 1. The van der Waals surface area contributed by atoms with E-state index < -0.39 is 0 Å². The average molecular weight is 250 g/mol. The molecule has 100 valence electrons. The second-order valence-electron chi connectivity index (χ2n) is 5.79. The van der Waals surface area contributed by atoms with Crippen LogP contribution in [0.15, 0.2) is 12.2 Å². The molecule has 0 spiro atoms. The maximum atomic E-state index is 12.4. The fourth-order valence-electron chi connectivity index (χ4n) is 3.53. The van der Waals surface area contributed by atoms with E-state index in [0.29, 0.717) is 18.1 Å². The zero-order valence-corrected chi connectivity index (χ0v) is 10.9. The van der Waals surface area contributed by atoms with Crippen molar-refractivity contribution >= 4 is 6.03 Å². The first kappa shape index (κ1) is 12.0. The van der Waals surface area contributed by atoms with Crippen LogP contribution >= 0.6 is 0 Å². The Labute approximate surface area is 108 Å². The molecule has 4 nitrogen and oxygen atoms in total. The number of hydrogen-bond acceptors (Lipinski definition) is 2. The lowest BCUT2D eigenvalue weighted by atomic mass is 9.98. The molecular weight excluding hydrogens is 228 g/mol. The van der Waals surface area contributed by atoms with Crippen LogP contribution in [0, 0.1) is 0 Å². The van der Waals surface area contributed by atoms with Crippen LogP contribution in [0.3, 0.4) is 0 Å². The molecule has 2 amide bonds. The van der Waals surface area contributed by atoms with Crippen LogP contribution < -0.4 is 5.32 Å². The molecule has 4 heteroatoms. The van der Waals surface area contributed by atoms with Gasteiger partial charge in [-0.3, -0.25) is 0 Å². The Morgan fingerprint density at radius 2 is 1.78 bits per heavy atom. The molecule has 0 aromatic heterocycles. The maximum Gasteiger partial charge on any atom is 0.318 e. The quantitative estimate of drug-likeness (QED) is 0.724. The topological polar surface area (TPSA) is 41.6 Å². The van der Waals surface area contributed by atoms with Crippen molar-refractivity contribution in [2.75, 3.05) is 13.2 Å². The third-order valence-corrected chi connectivity index (χ3v) is 4.45. The molecule has 3 heterocycles. The van der Waals surface area contributed by atoms with Crippen molar-refractivity contribution in [1.29, 1.82) is 0 Å². The van der Waals surface area contributed by atoms with Gasteiger partial charge in [0.1, 0.15) is 0 Å². The van der Waals surface area contributed by atoms with Gasteiger partial charge in [-0.05, 0) is 38.5 Å². The van der Waals surface area contributed by atoms with E-state index in [1.54, 1.807) is 0 Å². The van der Waals surface area contributed by atoms with Gasteiger partial charge in [0.2, 0.25) is 0 Å². The van der Waals surface area contributed by atoms with Gasteiger partial charge in [-0.2, -0.15) is 0 Å². The zero-order chi connectivity index (χ0) is 12.5. The van der Waals surface area contributed by atoms with Crippen molar-refractivity contribution < 1.29 is 9.53 Å². The second-order valence-corrected chi connectivity index (χ2v) is 5.79. The highest BCUT2D eigenvalue weighted by atomic mass is 16.5. The fraction of sp³-hybridized carbons (Fsp3) is 0.786. The van der Waals surface area contributed by atoms with Gasteiger partial charge in [0.25, 0.3) is 0 Å². The number of rotatable bonds is 1. The van der Waals surface area contributed by atoms with Crippen LogP contribution in [-0.4, -0.2) is 42.3 Å². The minimum Gasteiger partial charge on any atom is -0.381 e. The van der Waals surface area contributed by atoms with E-state index >= 15 is 0 Å². The largest absolute Gasteiger partial charge is 0.381 e. The molecule has 0 saturated carbocycles. The van der Waals surface area contributed by atoms with Gasteiger partial charge in [-0.25, -0.2) is 4.79 Å². The molecule has 0 aromatic rings. The molecule has 3 saturated heterocycles. The van der Waals surface area contributed by atoms with E-state index in [1.807, 2.05) is 0 Å². The number of nitrogens with one attached hydrogen (secondary N) is 1. The van der Waals surface area contributed by atoms with Crippen molar-refractivity contribution in [2.45, 2.75) is 56.7 Å². The van der Waals surface area contributed by atoms with Crippen molar-refractivity contribution in [3.8, 4) is 0 Å². The van der Waals surface area contributed by atoms with E-state index in [9.17, 15) is 4.79 Å². The van der Waals surface area contributed by atoms with E-state index in [4.69, 9.17) is 4.74 Å². The SMILES string of the molecule is C=C1CC2CCC(C1)N2C(=O)NC1CCOCC1. The molecule has 3 fully saturated rings. The first-order valence-corrected chi connectivity index (χ1v) is 7.07. The summed E-state index contributed by atoms with van der Waals surface area (Å²) in [4.78, 5) is 14.5. The molecule has 1 N–H and O–H groups in total. The summed E-state index contributed by atoms with van der Waals surface area (Å²) < 4.78 is 5.32. The Morgan fingerprint density at radius 3 is 2.39 bits per heavy atom. The number of nitrogens with zero attached hydrogens (tertiary/aromatic N) is 1. The number of hydrogen-bond donors (Lipinski definition) is 1. The van der Waals surface area contributed by atoms with Crippen molar-refractivity contribution in [3.63, 3.8) is 0 Å². The minimum atomic E-state index is 0.141. The van der Waals surface area contributed by atoms with Crippen LogP contribution in [0.25, 0.3) is 0 Å². The fourth-order valence-corrected chi connectivity index (χ4v) is 3.53. The van der Waals surface area contributed by atoms with E-state index in [2.05, 4.69) is 16.8 Å². The summed E-state index contributed by atoms with van der Waals surface area (Å²) in [6.45, 7) is 5.63. The highest BCUT2D eigenvalue weighted by molar-refractivity contribution is 5.76. The average Bonchev–Trinajstić information content (AvgIpc) is 2.63. The van der Waals surface area contributed by atoms with Gasteiger partial charge >= 0.3 is 6.03 Å². The van der Waals surface area contributed by atoms with Gasteiger partial charge in [-0.1, -0.05) is 12.2 Å². The van der Waals surface area contributed by atoms with Gasteiger partial charge < -0.3 is 15.0 Å². The third-order valence-electron chi connectivity index (χ3n) is 4.45. The van der Waals surface area contributed by atoms with Crippen LogP contribution in [-0.2, 0) is 4.74 Å². The number of urea groups is 1. The molecule has 0 radical (unpaired) electrons. The van der Waals surface area contributed by atoms with Crippen molar-refractivity contribution in [1.82, 2.24) is 10.2 Å². The Kier molecular flexibility index (Phi) is 3.29. The summed E-state index contributed by atoms with van der Waals surface area (Å²) >= 11 is 0. The predicted octanol–water partition coefficient (Wildman–Crippen LogP) is 2.06. The Balaban J connectivity index is 1.60. The Hall–Kier alpha value is -1.03. The number of amides is 2. The molecule has 18 heavy (non-hydrogen) atoms. The summed E-state index contributed by atoms with van der Waals surface area (Å²) in [6.07, 6.45) is 6.18. The summed E-state index contributed by atoms with van der Waals surface area (Å²) in [6, 6.07) is 1.24. The molecule has 3 aliphatic heterocycles. The first-order valence-electron chi connectivity index (χ1n) is 7.07. The normalized spacial score (nSPS) is 32.7. The molecule has 2 unspecified atom stereocenters. The van der Waals surface area contributed by atoms with E-state index in [0.717, 1.165) is 51.7 Å². The predicted molar refractivity (Wildman–Crippen MR) is 69.4 cm³/mol. The summed E-state index contributed by atoms with van der Waals surface area (Å²) in [5.74, 6) is 0. The molecule has 2 bridgehead atoms. The van der Waals surface area contributed by atoms with Crippen LogP contribution in [0.1, 0.15) is 38.5 Å². The highest BCUT2D eigenvalue weighted by Crippen LogP contribution is 2.37. The summed E-state index contributed by atoms with van der Waals surface area (Å²) in [5, 5.41) is 3.18. The lowest BCUT2D eigenvalue weighted by Crippen LogP contribution is -2.52. The number of piperidine rings is 1. The van der Waals surface area contributed by atoms with Gasteiger partial charge in [0.15, 0.2) is 0 Å². The molecule has 3 aliphatic rings. The van der Waals surface area contributed by atoms with Gasteiger partial charge in [0.05, 0.1) is 0 Å². The zero-order valence-electron chi connectivity index (χ0n) is 10.9. The van der Waals surface area contributed by atoms with Crippen molar-refractivity contribution in [2.24, 2.45) is 0 Å². The highest BCUT2D eigenvalue weighted by Gasteiger charge is 2.41. The molecular formula is C14H22N2O2. The molecule has 2 atom stereocenters. The Bertz CT molecular complexity index is 334. The van der Waals surface area contributed by atoms with Crippen LogP contribution in [0.5, 0.6) is 0 Å². The molecule has 0 aromatic carbocycles. The van der Waals surface area contributed by atoms with Gasteiger partial charge in [0, 0.05) is 31.3 Å². The number of carbonyl (C=O) groups is 1. The summed E-state index contributed by atoms with van der Waals surface area (Å²) in [7, 11) is 0. The first-order chi connectivity index (χ1) is 8.74. The summed E-state index contributed by atoms with van der Waals surface area (Å²) in [5.41, 5.74) is 1.32. The lowest BCUT2D eigenvalue weighted by Gasteiger charge is -2.37. The smallest absolute Gasteiger partial charge is 0.318 e. The second kappa shape index (κ2) is 4.92. The Morgan fingerprint density at radius 1 is 1.17 bits per heavy atom. The third kappa shape index (κ3) is 2.26. The van der Waals surface area contributed by atoms with E-state index in [1.165, 1.54) is 5.57 Å².